The number of nitrogens with two attached hydrogens (primary N) is 1. The quantitative estimate of drug-likeness (QED) is 0.781. The third kappa shape index (κ3) is 2.91. The highest BCUT2D eigenvalue weighted by Crippen LogP contribution is 2.35. The number of nitrogens with zero attached hydrogens (tertiary/aromatic N) is 1. The molecule has 3 aromatic rings. The second-order valence-electron chi connectivity index (χ2n) is 4.99. The van der Waals surface area contributed by atoms with Crippen LogP contribution in [0.25, 0.3) is 22.4 Å². The Morgan fingerprint density at radius 3 is 1.87 bits per heavy atom. The molecule has 0 fully saturated rings. The molecule has 1 aromatic heterocycles. The molecule has 5 heteroatoms. The fourth-order valence-electron chi connectivity index (χ4n) is 2.46. The Bertz CT molecular complexity index is 777. The van der Waals surface area contributed by atoms with Crippen LogP contribution in [0.2, 0.25) is 0 Å². The van der Waals surface area contributed by atoms with Gasteiger partial charge in [-0.25, -0.2) is 0 Å². The van der Waals surface area contributed by atoms with Crippen LogP contribution in [0.1, 0.15) is 5.76 Å². The van der Waals surface area contributed by atoms with Crippen molar-refractivity contribution in [3.8, 4) is 33.9 Å². The minimum atomic E-state index is 0.282. The molecule has 2 aromatic carbocycles. The lowest BCUT2D eigenvalue weighted by molar-refractivity contribution is 0.387. The molecule has 0 bridgehead atoms. The molecular weight excluding hydrogens is 292 g/mol. The van der Waals surface area contributed by atoms with E-state index in [1.165, 1.54) is 0 Å². The Morgan fingerprint density at radius 2 is 1.39 bits per heavy atom. The first-order valence-electron chi connectivity index (χ1n) is 7.24. The van der Waals surface area contributed by atoms with Gasteiger partial charge in [-0.1, -0.05) is 17.3 Å². The molecule has 2 N–H and O–H groups in total. The SMILES string of the molecule is COc1ccc(-c2noc(CN)c2-c2ccc(OC)cc2)cc1. The van der Waals surface area contributed by atoms with Crippen LogP contribution in [0.15, 0.2) is 53.1 Å². The third-order valence-corrected chi connectivity index (χ3v) is 3.69. The second-order valence-corrected chi connectivity index (χ2v) is 4.99. The number of hydrogen-bond donors (Lipinski definition) is 1. The second kappa shape index (κ2) is 6.54. The van der Waals surface area contributed by atoms with E-state index in [2.05, 4.69) is 5.16 Å². The highest BCUT2D eigenvalue weighted by molar-refractivity contribution is 5.82. The van der Waals surface area contributed by atoms with Crippen molar-refractivity contribution in [1.29, 1.82) is 0 Å². The van der Waals surface area contributed by atoms with E-state index in [0.29, 0.717) is 5.76 Å². The topological polar surface area (TPSA) is 70.5 Å². The third-order valence-electron chi connectivity index (χ3n) is 3.69. The smallest absolute Gasteiger partial charge is 0.158 e. The molecule has 23 heavy (non-hydrogen) atoms. The molecule has 118 valence electrons. The molecule has 0 atom stereocenters. The molecule has 3 rings (SSSR count). The molecule has 0 saturated heterocycles. The lowest BCUT2D eigenvalue weighted by Gasteiger charge is -2.06. The first-order valence-corrected chi connectivity index (χ1v) is 7.24. The monoisotopic (exact) mass is 310 g/mol. The van der Waals surface area contributed by atoms with Crippen molar-refractivity contribution in [3.05, 3.63) is 54.3 Å². The maximum atomic E-state index is 5.80. The molecular formula is C18H18N2O3. The van der Waals surface area contributed by atoms with E-state index in [0.717, 1.165) is 33.9 Å². The number of hydrogen-bond acceptors (Lipinski definition) is 5. The summed E-state index contributed by atoms with van der Waals surface area (Å²) in [6.45, 7) is 0.282. The van der Waals surface area contributed by atoms with Gasteiger partial charge < -0.3 is 19.7 Å². The van der Waals surface area contributed by atoms with E-state index in [-0.39, 0.29) is 6.54 Å². The lowest BCUT2D eigenvalue weighted by Crippen LogP contribution is -1.96. The highest BCUT2D eigenvalue weighted by atomic mass is 16.5. The van der Waals surface area contributed by atoms with Crippen LogP contribution in [-0.2, 0) is 6.54 Å². The van der Waals surface area contributed by atoms with E-state index < -0.39 is 0 Å². The van der Waals surface area contributed by atoms with Gasteiger partial charge in [-0.2, -0.15) is 0 Å². The van der Waals surface area contributed by atoms with E-state index in [1.807, 2.05) is 48.5 Å². The minimum absolute atomic E-state index is 0.282. The summed E-state index contributed by atoms with van der Waals surface area (Å²) in [6, 6.07) is 15.4. The molecule has 0 unspecified atom stereocenters. The summed E-state index contributed by atoms with van der Waals surface area (Å²) in [4.78, 5) is 0. The van der Waals surface area contributed by atoms with Crippen LogP contribution in [0.3, 0.4) is 0 Å². The Balaban J connectivity index is 2.08. The van der Waals surface area contributed by atoms with Gasteiger partial charge in [-0.15, -0.1) is 0 Å². The van der Waals surface area contributed by atoms with Gasteiger partial charge in [0.05, 0.1) is 26.3 Å². The van der Waals surface area contributed by atoms with Gasteiger partial charge in [0, 0.05) is 5.56 Å². The number of rotatable bonds is 5. The zero-order chi connectivity index (χ0) is 16.2. The molecule has 0 radical (unpaired) electrons. The molecule has 0 spiro atoms. The lowest BCUT2D eigenvalue weighted by atomic mass is 9.99. The van der Waals surface area contributed by atoms with Gasteiger partial charge in [0.25, 0.3) is 0 Å². The van der Waals surface area contributed by atoms with Gasteiger partial charge in [0.1, 0.15) is 17.2 Å². The van der Waals surface area contributed by atoms with Crippen LogP contribution in [0, 0.1) is 0 Å². The summed E-state index contributed by atoms with van der Waals surface area (Å²) in [5, 5.41) is 4.20. The molecule has 5 nitrogen and oxygen atoms in total. The van der Waals surface area contributed by atoms with Gasteiger partial charge in [-0.05, 0) is 42.0 Å². The zero-order valence-corrected chi connectivity index (χ0v) is 13.1. The number of aromatic nitrogens is 1. The van der Waals surface area contributed by atoms with Crippen LogP contribution in [0.4, 0.5) is 0 Å². The number of methoxy groups -OCH3 is 2. The predicted molar refractivity (Wildman–Crippen MR) is 88.4 cm³/mol. The first-order chi connectivity index (χ1) is 11.3. The molecule has 0 saturated carbocycles. The Labute approximate surface area is 134 Å². The van der Waals surface area contributed by atoms with Crippen molar-refractivity contribution in [1.82, 2.24) is 5.16 Å². The number of benzene rings is 2. The van der Waals surface area contributed by atoms with Crippen LogP contribution < -0.4 is 15.2 Å². The predicted octanol–water partition coefficient (Wildman–Crippen LogP) is 3.48. The summed E-state index contributed by atoms with van der Waals surface area (Å²) in [5.74, 6) is 2.24. The summed E-state index contributed by atoms with van der Waals surface area (Å²) < 4.78 is 15.8. The summed E-state index contributed by atoms with van der Waals surface area (Å²) in [7, 11) is 3.28. The van der Waals surface area contributed by atoms with Crippen LogP contribution >= 0.6 is 0 Å². The average Bonchev–Trinajstić information content (AvgIpc) is 3.06. The summed E-state index contributed by atoms with van der Waals surface area (Å²) in [6.07, 6.45) is 0. The maximum Gasteiger partial charge on any atom is 0.158 e. The molecule has 0 aliphatic carbocycles. The van der Waals surface area contributed by atoms with Crippen LogP contribution in [-0.4, -0.2) is 19.4 Å². The van der Waals surface area contributed by atoms with E-state index in [1.54, 1.807) is 14.2 Å². The van der Waals surface area contributed by atoms with Crippen LogP contribution in [0.5, 0.6) is 11.5 Å². The Kier molecular flexibility index (Phi) is 4.30. The minimum Gasteiger partial charge on any atom is -0.497 e. The van der Waals surface area contributed by atoms with Gasteiger partial charge in [0.2, 0.25) is 0 Å². The van der Waals surface area contributed by atoms with Crippen molar-refractivity contribution >= 4 is 0 Å². The van der Waals surface area contributed by atoms with Crippen molar-refractivity contribution in [2.24, 2.45) is 5.73 Å². The number of ether oxygens (including phenoxy) is 2. The summed E-state index contributed by atoms with van der Waals surface area (Å²) >= 11 is 0. The van der Waals surface area contributed by atoms with E-state index in [9.17, 15) is 0 Å². The molecule has 0 aliphatic heterocycles. The first kappa shape index (κ1) is 15.1. The van der Waals surface area contributed by atoms with E-state index >= 15 is 0 Å². The normalized spacial score (nSPS) is 10.6. The van der Waals surface area contributed by atoms with Crippen molar-refractivity contribution in [3.63, 3.8) is 0 Å². The van der Waals surface area contributed by atoms with Crippen molar-refractivity contribution in [2.75, 3.05) is 14.2 Å². The van der Waals surface area contributed by atoms with Gasteiger partial charge >= 0.3 is 0 Å². The average molecular weight is 310 g/mol. The Morgan fingerprint density at radius 1 is 0.870 bits per heavy atom. The van der Waals surface area contributed by atoms with Crippen molar-refractivity contribution in [2.45, 2.75) is 6.54 Å². The highest BCUT2D eigenvalue weighted by Gasteiger charge is 2.18. The largest absolute Gasteiger partial charge is 0.497 e. The summed E-state index contributed by atoms with van der Waals surface area (Å²) in [5.41, 5.74) is 9.40. The van der Waals surface area contributed by atoms with Crippen molar-refractivity contribution < 1.29 is 14.0 Å². The Hall–Kier alpha value is -2.79. The van der Waals surface area contributed by atoms with E-state index in [4.69, 9.17) is 19.7 Å². The molecule has 0 amide bonds. The standard InChI is InChI=1S/C18H18N2O3/c1-21-14-7-3-12(4-8-14)17-16(11-19)23-20-18(17)13-5-9-15(22-2)10-6-13/h3-10H,11,19H2,1-2H3. The maximum absolute atomic E-state index is 5.80. The van der Waals surface area contributed by atoms with Gasteiger partial charge in [0.15, 0.2) is 5.76 Å². The fraction of sp³-hybridized carbons (Fsp3) is 0.167. The van der Waals surface area contributed by atoms with Gasteiger partial charge in [-0.3, -0.25) is 0 Å². The molecule has 0 aliphatic rings. The zero-order valence-electron chi connectivity index (χ0n) is 13.1. The molecule has 1 heterocycles. The fourth-order valence-corrected chi connectivity index (χ4v) is 2.46.